The first-order chi connectivity index (χ1) is 8.69. The van der Waals surface area contributed by atoms with Crippen molar-refractivity contribution in [2.45, 2.75) is 63.8 Å². The summed E-state index contributed by atoms with van der Waals surface area (Å²) in [5, 5.41) is 9.03. The van der Waals surface area contributed by atoms with Gasteiger partial charge in [0.1, 0.15) is 0 Å². The Morgan fingerprint density at radius 2 is 1.89 bits per heavy atom. The average molecular weight is 251 g/mol. The molecule has 1 saturated heterocycles. The van der Waals surface area contributed by atoms with Crippen LogP contribution in [0.15, 0.2) is 0 Å². The van der Waals surface area contributed by atoms with Crippen LogP contribution in [0.5, 0.6) is 0 Å². The lowest BCUT2D eigenvalue weighted by Crippen LogP contribution is -2.49. The van der Waals surface area contributed by atoms with Gasteiger partial charge in [0.25, 0.3) is 0 Å². The number of rotatable bonds is 4. The van der Waals surface area contributed by atoms with Crippen molar-refractivity contribution < 1.29 is 9.90 Å². The Morgan fingerprint density at radius 3 is 2.61 bits per heavy atom. The molecule has 1 aliphatic heterocycles. The highest BCUT2D eigenvalue weighted by molar-refractivity contribution is 5.68. The molecule has 0 radical (unpaired) electrons. The molecule has 18 heavy (non-hydrogen) atoms. The van der Waals surface area contributed by atoms with Crippen LogP contribution in [-0.4, -0.2) is 35.1 Å². The fourth-order valence-electron chi connectivity index (χ4n) is 4.24. The van der Waals surface area contributed by atoms with Crippen molar-refractivity contribution in [1.29, 1.82) is 0 Å². The summed E-state index contributed by atoms with van der Waals surface area (Å²) < 4.78 is 0. The van der Waals surface area contributed by atoms with Crippen LogP contribution in [0.3, 0.4) is 0 Å². The van der Waals surface area contributed by atoms with Gasteiger partial charge in [-0.1, -0.05) is 12.8 Å². The van der Waals surface area contributed by atoms with Crippen LogP contribution in [0, 0.1) is 11.3 Å². The number of hydrogen-bond donors (Lipinski definition) is 1. The van der Waals surface area contributed by atoms with E-state index in [0.717, 1.165) is 31.3 Å². The number of fused-ring (bicyclic) bond motifs is 1. The second kappa shape index (κ2) is 4.84. The van der Waals surface area contributed by atoms with Crippen molar-refractivity contribution in [1.82, 2.24) is 4.90 Å². The minimum atomic E-state index is -0.607. The first kappa shape index (κ1) is 12.5. The molecule has 0 amide bonds. The Kier molecular flexibility index (Phi) is 3.35. The second-order valence-electron chi connectivity index (χ2n) is 6.80. The number of carbonyl (C=O) groups is 1. The van der Waals surface area contributed by atoms with Crippen LogP contribution in [-0.2, 0) is 4.79 Å². The third-order valence-corrected chi connectivity index (χ3v) is 5.38. The van der Waals surface area contributed by atoms with Crippen LogP contribution in [0.1, 0.15) is 57.8 Å². The molecule has 3 aliphatic rings. The number of aliphatic carboxylic acids is 1. The van der Waals surface area contributed by atoms with Gasteiger partial charge < -0.3 is 5.11 Å². The van der Waals surface area contributed by atoms with E-state index in [2.05, 4.69) is 4.90 Å². The number of carboxylic acids is 1. The molecule has 2 saturated carbocycles. The van der Waals surface area contributed by atoms with E-state index in [1.54, 1.807) is 0 Å². The maximum Gasteiger partial charge on any atom is 0.303 e. The Hall–Kier alpha value is -0.570. The lowest BCUT2D eigenvalue weighted by atomic mass is 9.78. The smallest absolute Gasteiger partial charge is 0.303 e. The Morgan fingerprint density at radius 1 is 1.17 bits per heavy atom. The van der Waals surface area contributed by atoms with Gasteiger partial charge in [-0.2, -0.15) is 0 Å². The third-order valence-electron chi connectivity index (χ3n) is 5.38. The highest BCUT2D eigenvalue weighted by Crippen LogP contribution is 2.50. The van der Waals surface area contributed by atoms with Gasteiger partial charge in [-0.05, 0) is 56.4 Å². The predicted molar refractivity (Wildman–Crippen MR) is 70.5 cm³/mol. The summed E-state index contributed by atoms with van der Waals surface area (Å²) in [4.78, 5) is 13.6. The first-order valence-corrected chi connectivity index (χ1v) is 7.64. The van der Waals surface area contributed by atoms with Crippen LogP contribution in [0.2, 0.25) is 0 Å². The van der Waals surface area contributed by atoms with Gasteiger partial charge in [0.05, 0.1) is 6.42 Å². The van der Waals surface area contributed by atoms with E-state index in [4.69, 9.17) is 5.11 Å². The maximum atomic E-state index is 11.0. The largest absolute Gasteiger partial charge is 0.481 e. The minimum Gasteiger partial charge on any atom is -0.481 e. The molecule has 0 bridgehead atoms. The number of nitrogens with zero attached hydrogens (tertiary/aromatic N) is 1. The number of piperidine rings is 1. The monoisotopic (exact) mass is 251 g/mol. The summed E-state index contributed by atoms with van der Waals surface area (Å²) in [6, 6.07) is 0.777. The average Bonchev–Trinajstić information content (AvgIpc) is 3.08. The molecule has 3 rings (SSSR count). The van der Waals surface area contributed by atoms with E-state index >= 15 is 0 Å². The fraction of sp³-hybridized carbons (Fsp3) is 0.933. The lowest BCUT2D eigenvalue weighted by Gasteiger charge is -2.45. The quantitative estimate of drug-likeness (QED) is 0.835. The summed E-state index contributed by atoms with van der Waals surface area (Å²) in [5.74, 6) is 0.304. The molecule has 1 heterocycles. The molecular weight excluding hydrogens is 226 g/mol. The SMILES string of the molecule is O=C(O)CC1(CN2CCC[C@H]3CCCC[C@H]32)CC1. The summed E-state index contributed by atoms with van der Waals surface area (Å²) >= 11 is 0. The van der Waals surface area contributed by atoms with E-state index in [9.17, 15) is 4.79 Å². The van der Waals surface area contributed by atoms with E-state index in [0.29, 0.717) is 6.42 Å². The van der Waals surface area contributed by atoms with Gasteiger partial charge in [-0.15, -0.1) is 0 Å². The van der Waals surface area contributed by atoms with Crippen molar-refractivity contribution in [2.75, 3.05) is 13.1 Å². The summed E-state index contributed by atoms with van der Waals surface area (Å²) in [7, 11) is 0. The molecular formula is C15H25NO2. The van der Waals surface area contributed by atoms with E-state index in [1.807, 2.05) is 0 Å². The standard InChI is InChI=1S/C15H25NO2/c17-14(18)10-15(7-8-15)11-16-9-3-5-12-4-1-2-6-13(12)16/h12-13H,1-11H2,(H,17,18)/t12-,13-/m1/s1. The number of carboxylic acid groups (broad SMARTS) is 1. The first-order valence-electron chi connectivity index (χ1n) is 7.64. The molecule has 2 aliphatic carbocycles. The van der Waals surface area contributed by atoms with Gasteiger partial charge in [0.2, 0.25) is 0 Å². The van der Waals surface area contributed by atoms with E-state index in [1.165, 1.54) is 45.1 Å². The molecule has 3 nitrogen and oxygen atoms in total. The van der Waals surface area contributed by atoms with Crippen molar-refractivity contribution >= 4 is 5.97 Å². The normalized spacial score (nSPS) is 34.9. The van der Waals surface area contributed by atoms with Crippen molar-refractivity contribution in [3.8, 4) is 0 Å². The fourth-order valence-corrected chi connectivity index (χ4v) is 4.24. The lowest BCUT2D eigenvalue weighted by molar-refractivity contribution is -0.138. The molecule has 102 valence electrons. The zero-order chi connectivity index (χ0) is 12.6. The molecule has 2 atom stereocenters. The zero-order valence-corrected chi connectivity index (χ0v) is 11.2. The Balaban J connectivity index is 1.62. The van der Waals surface area contributed by atoms with Crippen molar-refractivity contribution in [2.24, 2.45) is 11.3 Å². The van der Waals surface area contributed by atoms with Gasteiger partial charge in [-0.25, -0.2) is 0 Å². The van der Waals surface area contributed by atoms with E-state index < -0.39 is 5.97 Å². The van der Waals surface area contributed by atoms with E-state index in [-0.39, 0.29) is 5.41 Å². The molecule has 0 aromatic carbocycles. The van der Waals surface area contributed by atoms with Crippen molar-refractivity contribution in [3.63, 3.8) is 0 Å². The van der Waals surface area contributed by atoms with Crippen LogP contribution < -0.4 is 0 Å². The van der Waals surface area contributed by atoms with Gasteiger partial charge >= 0.3 is 5.97 Å². The molecule has 0 unspecified atom stereocenters. The van der Waals surface area contributed by atoms with Gasteiger partial charge in [0.15, 0.2) is 0 Å². The van der Waals surface area contributed by atoms with Crippen LogP contribution in [0.4, 0.5) is 0 Å². The third kappa shape index (κ3) is 2.56. The van der Waals surface area contributed by atoms with Gasteiger partial charge in [-0.3, -0.25) is 9.69 Å². The van der Waals surface area contributed by atoms with Crippen molar-refractivity contribution in [3.05, 3.63) is 0 Å². The molecule has 1 N–H and O–H groups in total. The molecule has 3 fully saturated rings. The maximum absolute atomic E-state index is 11.0. The molecule has 0 spiro atoms. The summed E-state index contributed by atoms with van der Waals surface area (Å²) in [6.07, 6.45) is 10.9. The molecule has 0 aromatic heterocycles. The highest BCUT2D eigenvalue weighted by atomic mass is 16.4. The summed E-state index contributed by atoms with van der Waals surface area (Å²) in [6.45, 7) is 2.27. The Labute approximate surface area is 110 Å². The number of hydrogen-bond acceptors (Lipinski definition) is 2. The van der Waals surface area contributed by atoms with Crippen LogP contribution >= 0.6 is 0 Å². The van der Waals surface area contributed by atoms with Crippen LogP contribution in [0.25, 0.3) is 0 Å². The minimum absolute atomic E-state index is 0.144. The number of likely N-dealkylation sites (tertiary alicyclic amines) is 1. The molecule has 3 heteroatoms. The summed E-state index contributed by atoms with van der Waals surface area (Å²) in [5.41, 5.74) is 0.144. The Bertz CT molecular complexity index is 322. The topological polar surface area (TPSA) is 40.5 Å². The highest BCUT2D eigenvalue weighted by Gasteiger charge is 2.47. The second-order valence-corrected chi connectivity index (χ2v) is 6.80. The predicted octanol–water partition coefficient (Wildman–Crippen LogP) is 2.90. The molecule has 0 aromatic rings. The van der Waals surface area contributed by atoms with Gasteiger partial charge in [0, 0.05) is 12.6 Å². The zero-order valence-electron chi connectivity index (χ0n) is 11.2.